The predicted molar refractivity (Wildman–Crippen MR) is 125 cm³/mol. The number of piperidine rings is 1. The predicted octanol–water partition coefficient (Wildman–Crippen LogP) is 4.49. The lowest BCUT2D eigenvalue weighted by molar-refractivity contribution is 0.231. The average Bonchev–Trinajstić information content (AvgIpc) is 3.44. The lowest BCUT2D eigenvalue weighted by Gasteiger charge is -2.40. The quantitative estimate of drug-likeness (QED) is 0.484. The van der Waals surface area contributed by atoms with Crippen molar-refractivity contribution in [2.24, 2.45) is 5.41 Å². The molecule has 0 unspecified atom stereocenters. The van der Waals surface area contributed by atoms with E-state index in [1.165, 1.54) is 24.1 Å². The number of fused-ring (bicyclic) bond motifs is 2. The second kappa shape index (κ2) is 7.33. The zero-order chi connectivity index (χ0) is 21.7. The third kappa shape index (κ3) is 3.05. The van der Waals surface area contributed by atoms with Crippen molar-refractivity contribution in [2.45, 2.75) is 32.6 Å². The van der Waals surface area contributed by atoms with Gasteiger partial charge in [-0.05, 0) is 67.9 Å². The van der Waals surface area contributed by atoms with Crippen LogP contribution in [-0.2, 0) is 12.8 Å². The minimum Gasteiger partial charge on any atom is -0.497 e. The van der Waals surface area contributed by atoms with Crippen LogP contribution in [0.1, 0.15) is 29.8 Å². The summed E-state index contributed by atoms with van der Waals surface area (Å²) < 4.78 is 7.47. The van der Waals surface area contributed by atoms with Crippen molar-refractivity contribution < 1.29 is 4.74 Å². The second-order valence-corrected chi connectivity index (χ2v) is 9.18. The number of hydrogen-bond acceptors (Lipinski definition) is 5. The Bertz CT molecular complexity index is 1280. The van der Waals surface area contributed by atoms with Gasteiger partial charge in [0, 0.05) is 30.5 Å². The summed E-state index contributed by atoms with van der Waals surface area (Å²) >= 11 is 0. The molecule has 1 aliphatic carbocycles. The van der Waals surface area contributed by atoms with E-state index in [0.717, 1.165) is 60.0 Å². The maximum Gasteiger partial charge on any atom is 0.155 e. The van der Waals surface area contributed by atoms with Crippen LogP contribution in [0.15, 0.2) is 54.9 Å². The molecule has 1 saturated heterocycles. The standard InChI is InChI=1S/C26H27N5O/c1-18-24(19-5-3-7-21(15-19)32-2)31-23(8-12-28-31)25(29-18)30-13-9-26(10-14-30)16-20-6-4-11-27-22(20)17-26/h3-8,11-12,15H,9-10,13-14,16-17H2,1-2H3. The van der Waals surface area contributed by atoms with E-state index >= 15 is 0 Å². The van der Waals surface area contributed by atoms with Crippen LogP contribution >= 0.6 is 0 Å². The number of hydrogen-bond donors (Lipinski definition) is 0. The minimum absolute atomic E-state index is 0.360. The summed E-state index contributed by atoms with van der Waals surface area (Å²) in [6.07, 6.45) is 8.41. The first-order valence-electron chi connectivity index (χ1n) is 11.3. The van der Waals surface area contributed by atoms with Crippen LogP contribution in [0, 0.1) is 12.3 Å². The Morgan fingerprint density at radius 2 is 1.88 bits per heavy atom. The first-order valence-corrected chi connectivity index (χ1v) is 11.3. The van der Waals surface area contributed by atoms with Gasteiger partial charge in [0.15, 0.2) is 5.82 Å². The SMILES string of the molecule is COc1cccc(-c2c(C)nc(N3CCC4(CC3)Cc3cccnc3C4)c3ccnn23)c1. The maximum absolute atomic E-state index is 5.44. The highest BCUT2D eigenvalue weighted by Gasteiger charge is 2.41. The lowest BCUT2D eigenvalue weighted by atomic mass is 9.76. The Kier molecular flexibility index (Phi) is 4.42. The Hall–Kier alpha value is -3.41. The Morgan fingerprint density at radius 1 is 1.00 bits per heavy atom. The average molecular weight is 426 g/mol. The normalized spacial score (nSPS) is 17.1. The number of nitrogens with zero attached hydrogens (tertiary/aromatic N) is 5. The van der Waals surface area contributed by atoms with Gasteiger partial charge in [0.05, 0.1) is 24.7 Å². The highest BCUT2D eigenvalue weighted by Crippen LogP contribution is 2.45. The Labute approximate surface area is 187 Å². The molecule has 0 bridgehead atoms. The van der Waals surface area contributed by atoms with Crippen molar-refractivity contribution in [1.29, 1.82) is 0 Å². The summed E-state index contributed by atoms with van der Waals surface area (Å²) in [4.78, 5) is 12.2. The van der Waals surface area contributed by atoms with Gasteiger partial charge in [0.1, 0.15) is 11.3 Å². The van der Waals surface area contributed by atoms with Gasteiger partial charge in [-0.2, -0.15) is 5.10 Å². The molecule has 1 spiro atoms. The molecule has 6 heteroatoms. The Balaban J connectivity index is 1.31. The first-order chi connectivity index (χ1) is 15.7. The maximum atomic E-state index is 5.44. The third-order valence-electron chi connectivity index (χ3n) is 7.26. The van der Waals surface area contributed by atoms with Gasteiger partial charge < -0.3 is 9.64 Å². The largest absolute Gasteiger partial charge is 0.497 e. The molecular formula is C26H27N5O. The summed E-state index contributed by atoms with van der Waals surface area (Å²) in [7, 11) is 1.69. The molecule has 0 atom stereocenters. The molecule has 4 aromatic rings. The smallest absolute Gasteiger partial charge is 0.155 e. The highest BCUT2D eigenvalue weighted by molar-refractivity contribution is 5.76. The molecule has 3 aromatic heterocycles. The van der Waals surface area contributed by atoms with Gasteiger partial charge >= 0.3 is 0 Å². The molecule has 162 valence electrons. The van der Waals surface area contributed by atoms with Crippen molar-refractivity contribution in [1.82, 2.24) is 19.6 Å². The van der Waals surface area contributed by atoms with E-state index in [9.17, 15) is 0 Å². The number of ether oxygens (including phenoxy) is 1. The molecular weight excluding hydrogens is 398 g/mol. The number of aryl methyl sites for hydroxylation is 1. The van der Waals surface area contributed by atoms with E-state index in [-0.39, 0.29) is 0 Å². The molecule has 0 amide bonds. The number of methoxy groups -OCH3 is 1. The molecule has 0 N–H and O–H groups in total. The van der Waals surface area contributed by atoms with Gasteiger partial charge in [0.25, 0.3) is 0 Å². The molecule has 1 fully saturated rings. The van der Waals surface area contributed by atoms with Crippen LogP contribution < -0.4 is 9.64 Å². The number of rotatable bonds is 3. The first kappa shape index (κ1) is 19.3. The fraction of sp³-hybridized carbons (Fsp3) is 0.346. The van der Waals surface area contributed by atoms with Crippen LogP contribution in [0.5, 0.6) is 5.75 Å². The molecule has 0 radical (unpaired) electrons. The van der Waals surface area contributed by atoms with E-state index in [4.69, 9.17) is 9.72 Å². The molecule has 2 aliphatic rings. The van der Waals surface area contributed by atoms with Gasteiger partial charge in [-0.15, -0.1) is 0 Å². The molecule has 1 aliphatic heterocycles. The van der Waals surface area contributed by atoms with E-state index in [2.05, 4.69) is 46.2 Å². The summed E-state index contributed by atoms with van der Waals surface area (Å²) in [5.74, 6) is 1.87. The molecule has 4 heterocycles. The van der Waals surface area contributed by atoms with Crippen molar-refractivity contribution in [3.8, 4) is 17.0 Å². The highest BCUT2D eigenvalue weighted by atomic mass is 16.5. The van der Waals surface area contributed by atoms with E-state index in [1.807, 2.05) is 35.1 Å². The lowest BCUT2D eigenvalue weighted by Crippen LogP contribution is -2.41. The fourth-order valence-electron chi connectivity index (χ4n) is 5.57. The number of benzene rings is 1. The molecule has 6 nitrogen and oxygen atoms in total. The number of anilines is 1. The fourth-order valence-corrected chi connectivity index (χ4v) is 5.57. The minimum atomic E-state index is 0.360. The van der Waals surface area contributed by atoms with E-state index < -0.39 is 0 Å². The topological polar surface area (TPSA) is 55.5 Å². The van der Waals surface area contributed by atoms with Gasteiger partial charge in [-0.25, -0.2) is 9.50 Å². The molecule has 32 heavy (non-hydrogen) atoms. The van der Waals surface area contributed by atoms with Gasteiger partial charge in [-0.3, -0.25) is 4.98 Å². The van der Waals surface area contributed by atoms with Gasteiger partial charge in [-0.1, -0.05) is 18.2 Å². The molecule has 6 rings (SSSR count). The van der Waals surface area contributed by atoms with Crippen molar-refractivity contribution in [3.05, 3.63) is 71.8 Å². The molecule has 1 aromatic carbocycles. The van der Waals surface area contributed by atoms with Crippen molar-refractivity contribution >= 4 is 11.3 Å². The number of aromatic nitrogens is 4. The zero-order valence-corrected chi connectivity index (χ0v) is 18.6. The summed E-state index contributed by atoms with van der Waals surface area (Å²) in [5, 5.41) is 4.67. The van der Waals surface area contributed by atoms with Gasteiger partial charge in [0.2, 0.25) is 0 Å². The van der Waals surface area contributed by atoms with Crippen LogP contribution in [0.25, 0.3) is 16.8 Å². The second-order valence-electron chi connectivity index (χ2n) is 9.18. The summed E-state index contributed by atoms with van der Waals surface area (Å²) in [6.45, 7) is 4.10. The summed E-state index contributed by atoms with van der Waals surface area (Å²) in [5.41, 5.74) is 7.20. The monoisotopic (exact) mass is 425 g/mol. The van der Waals surface area contributed by atoms with E-state index in [1.54, 1.807) is 7.11 Å². The van der Waals surface area contributed by atoms with Crippen LogP contribution in [0.2, 0.25) is 0 Å². The van der Waals surface area contributed by atoms with Crippen LogP contribution in [0.3, 0.4) is 0 Å². The van der Waals surface area contributed by atoms with Crippen LogP contribution in [-0.4, -0.2) is 39.8 Å². The van der Waals surface area contributed by atoms with Crippen LogP contribution in [0.4, 0.5) is 5.82 Å². The zero-order valence-electron chi connectivity index (χ0n) is 18.6. The molecule has 0 saturated carbocycles. The Morgan fingerprint density at radius 3 is 2.69 bits per heavy atom. The number of pyridine rings is 1. The van der Waals surface area contributed by atoms with E-state index in [0.29, 0.717) is 5.41 Å². The third-order valence-corrected chi connectivity index (χ3v) is 7.26. The summed E-state index contributed by atoms with van der Waals surface area (Å²) in [6, 6.07) is 14.5. The van der Waals surface area contributed by atoms with Crippen molar-refractivity contribution in [2.75, 3.05) is 25.1 Å². The van der Waals surface area contributed by atoms with Crippen molar-refractivity contribution in [3.63, 3.8) is 0 Å².